The van der Waals surface area contributed by atoms with E-state index in [0.29, 0.717) is 19.3 Å². The van der Waals surface area contributed by atoms with Crippen LogP contribution in [-0.2, 0) is 55.8 Å². The number of rotatable bonds is 82. The highest BCUT2D eigenvalue weighted by Crippen LogP contribution is 2.45. The summed E-state index contributed by atoms with van der Waals surface area (Å²) in [5.41, 5.74) is 0. The molecule has 0 bridgehead atoms. The molecule has 0 aromatic heterocycles. The van der Waals surface area contributed by atoms with Gasteiger partial charge >= 0.3 is 33.6 Å². The highest BCUT2D eigenvalue weighted by molar-refractivity contribution is 7.47. The number of carbonyl (C=O) groups excluding carboxylic acids is 3. The molecule has 0 aliphatic heterocycles. The van der Waals surface area contributed by atoms with Gasteiger partial charge in [0, 0.05) is 19.3 Å². The summed E-state index contributed by atoms with van der Waals surface area (Å²) in [7, 11) is -9.80. The number of ether oxygens (including phenoxy) is 3. The number of hydrogen-bond acceptors (Lipinski definition) is 14. The third kappa shape index (κ3) is 84.4. The number of allylic oxidation sites excluding steroid dienone is 22. The molecule has 0 amide bonds. The van der Waals surface area contributed by atoms with Gasteiger partial charge in [0.05, 0.1) is 26.4 Å². The van der Waals surface area contributed by atoms with E-state index in [1.54, 1.807) is 0 Å². The van der Waals surface area contributed by atoms with E-state index in [4.69, 9.17) is 32.3 Å². The summed E-state index contributed by atoms with van der Waals surface area (Å²) in [6, 6.07) is 0. The summed E-state index contributed by atoms with van der Waals surface area (Å²) >= 11 is 0. The average molecular weight is 1570 g/mol. The van der Waals surface area contributed by atoms with Crippen LogP contribution in [0.15, 0.2) is 134 Å². The van der Waals surface area contributed by atoms with Crippen molar-refractivity contribution in [2.45, 2.75) is 386 Å². The minimum absolute atomic E-state index is 0.0855. The van der Waals surface area contributed by atoms with Gasteiger partial charge in [0.2, 0.25) is 0 Å². The Kier molecular flexibility index (Phi) is 79.8. The van der Waals surface area contributed by atoms with Gasteiger partial charge < -0.3 is 34.2 Å². The van der Waals surface area contributed by atoms with E-state index >= 15 is 0 Å². The van der Waals surface area contributed by atoms with Crippen LogP contribution in [-0.4, -0.2) is 95.9 Å². The second-order valence-corrected chi connectivity index (χ2v) is 31.9. The Morgan fingerprint density at radius 2 is 0.486 bits per heavy atom. The third-order valence-corrected chi connectivity index (χ3v) is 20.2. The van der Waals surface area contributed by atoms with Crippen LogP contribution < -0.4 is 0 Å². The standard InChI is InChI=1S/C91H158O16P2/c1-4-7-10-13-16-19-22-25-28-31-34-35-36-37-38-39-40-41-42-43-44-45-46-47-48-49-52-54-56-59-62-65-68-71-74-77-89(94)101-80-86(92)81-103-108(97,98)104-82-87(93)83-105-109(99,100)106-85-88(107-91(96)79-76-73-70-67-64-61-58-55-51-33-30-27-24-21-18-15-12-9-6-3)84-102-90(95)78-75-72-69-66-63-60-57-53-50-32-29-26-23-20-17-14-11-8-5-2/h7,10,16-21,25-30,34-35,37-38,50-51,53,55,86-88,92-93H,4-6,8-9,11-15,22-24,31-33,36,39-49,52,54,56-85H2,1-3H3,(H,97,98)(H,99,100)/b10-7-,19-16-,20-17-,21-18-,28-25-,29-26-,30-27-,35-34-,38-37-,53-50-,55-51-. The van der Waals surface area contributed by atoms with Gasteiger partial charge in [-0.25, -0.2) is 9.13 Å². The third-order valence-electron chi connectivity index (χ3n) is 18.3. The molecule has 16 nitrogen and oxygen atoms in total. The van der Waals surface area contributed by atoms with Crippen molar-refractivity contribution >= 4 is 33.6 Å². The second-order valence-electron chi connectivity index (χ2n) is 29.0. The van der Waals surface area contributed by atoms with E-state index in [1.807, 2.05) is 0 Å². The number of aliphatic hydroxyl groups excluding tert-OH is 2. The quantitative estimate of drug-likeness (QED) is 0.0146. The van der Waals surface area contributed by atoms with Gasteiger partial charge in [0.1, 0.15) is 25.4 Å². The summed E-state index contributed by atoms with van der Waals surface area (Å²) in [4.78, 5) is 58.8. The van der Waals surface area contributed by atoms with Crippen LogP contribution in [0.3, 0.4) is 0 Å². The zero-order valence-electron chi connectivity index (χ0n) is 68.9. The van der Waals surface area contributed by atoms with Crippen molar-refractivity contribution in [1.29, 1.82) is 0 Å². The first-order chi connectivity index (χ1) is 53.2. The van der Waals surface area contributed by atoms with Crippen LogP contribution in [0.5, 0.6) is 0 Å². The maximum Gasteiger partial charge on any atom is 0.472 e. The molecule has 0 aliphatic rings. The van der Waals surface area contributed by atoms with E-state index in [1.165, 1.54) is 141 Å². The van der Waals surface area contributed by atoms with E-state index in [-0.39, 0.29) is 19.3 Å². The highest BCUT2D eigenvalue weighted by atomic mass is 31.2. The van der Waals surface area contributed by atoms with Crippen molar-refractivity contribution < 1.29 is 75.8 Å². The van der Waals surface area contributed by atoms with Gasteiger partial charge in [-0.15, -0.1) is 0 Å². The number of carbonyl (C=O) groups is 3. The van der Waals surface area contributed by atoms with E-state index in [9.17, 15) is 43.5 Å². The predicted molar refractivity (Wildman–Crippen MR) is 454 cm³/mol. The van der Waals surface area contributed by atoms with E-state index < -0.39 is 91.5 Å². The molecule has 0 radical (unpaired) electrons. The Labute approximate surface area is 665 Å². The molecule has 0 fully saturated rings. The maximum atomic E-state index is 13.0. The minimum atomic E-state index is -4.94. The van der Waals surface area contributed by atoms with Gasteiger partial charge in [-0.3, -0.25) is 32.5 Å². The van der Waals surface area contributed by atoms with Crippen molar-refractivity contribution in [2.24, 2.45) is 0 Å². The Bertz CT molecular complexity index is 2510. The molecular formula is C91H158O16P2. The zero-order chi connectivity index (χ0) is 79.4. The zero-order valence-corrected chi connectivity index (χ0v) is 70.7. The molecule has 628 valence electrons. The first kappa shape index (κ1) is 105. The van der Waals surface area contributed by atoms with Crippen LogP contribution in [0.25, 0.3) is 0 Å². The topological polar surface area (TPSA) is 231 Å². The first-order valence-corrected chi connectivity index (χ1v) is 46.5. The molecule has 109 heavy (non-hydrogen) atoms. The SMILES string of the molecule is CC/C=C\C/C=C\C/C=C\C/C=C\C/C=C\CCCCCCCCCCCCCCCCCCCCCC(=O)OCC(O)COP(=O)(O)OCC(O)COP(=O)(O)OCC(COC(=O)CCCCCCCC/C=C\C/C=C\C/C=C\CCCCC)OC(=O)CCCCCCCC/C=C\C/C=C\C/C=C\CCCCC. The molecule has 0 aliphatic carbocycles. The number of phosphoric ester groups is 2. The van der Waals surface area contributed by atoms with E-state index in [2.05, 4.69) is 154 Å². The van der Waals surface area contributed by atoms with Crippen LogP contribution in [0.4, 0.5) is 0 Å². The van der Waals surface area contributed by atoms with Gasteiger partial charge in [-0.05, 0) is 141 Å². The lowest BCUT2D eigenvalue weighted by atomic mass is 10.0. The van der Waals surface area contributed by atoms with Gasteiger partial charge in [0.15, 0.2) is 6.10 Å². The van der Waals surface area contributed by atoms with Crippen molar-refractivity contribution in [1.82, 2.24) is 0 Å². The highest BCUT2D eigenvalue weighted by Gasteiger charge is 2.29. The van der Waals surface area contributed by atoms with Crippen LogP contribution in [0.2, 0.25) is 0 Å². The summed E-state index contributed by atoms with van der Waals surface area (Å²) in [5, 5.41) is 20.7. The van der Waals surface area contributed by atoms with Crippen molar-refractivity contribution in [3.63, 3.8) is 0 Å². The monoisotopic (exact) mass is 1570 g/mol. The lowest BCUT2D eigenvalue weighted by Gasteiger charge is -2.21. The number of phosphoric acid groups is 2. The summed E-state index contributed by atoms with van der Waals surface area (Å²) in [6.45, 7) is 2.52. The largest absolute Gasteiger partial charge is 0.472 e. The summed E-state index contributed by atoms with van der Waals surface area (Å²) < 4.78 is 61.3. The summed E-state index contributed by atoms with van der Waals surface area (Å²) in [5.74, 6) is -1.59. The Balaban J connectivity index is 4.46. The van der Waals surface area contributed by atoms with Crippen molar-refractivity contribution in [2.75, 3.05) is 39.6 Å². The van der Waals surface area contributed by atoms with Crippen LogP contribution >= 0.6 is 15.6 Å². The molecule has 0 saturated heterocycles. The van der Waals surface area contributed by atoms with Gasteiger partial charge in [-0.2, -0.15) is 0 Å². The lowest BCUT2D eigenvalue weighted by Crippen LogP contribution is -2.30. The fraction of sp³-hybridized carbons (Fsp3) is 0.725. The fourth-order valence-electron chi connectivity index (χ4n) is 11.7. The Morgan fingerprint density at radius 1 is 0.266 bits per heavy atom. The molecule has 0 heterocycles. The lowest BCUT2D eigenvalue weighted by molar-refractivity contribution is -0.161. The Morgan fingerprint density at radius 3 is 0.771 bits per heavy atom. The molecule has 18 heteroatoms. The fourth-order valence-corrected chi connectivity index (χ4v) is 13.3. The number of esters is 3. The molecule has 0 aromatic carbocycles. The van der Waals surface area contributed by atoms with Crippen molar-refractivity contribution in [3.05, 3.63) is 134 Å². The molecule has 0 saturated carbocycles. The smallest absolute Gasteiger partial charge is 0.463 e. The van der Waals surface area contributed by atoms with Crippen LogP contribution in [0, 0.1) is 0 Å². The van der Waals surface area contributed by atoms with Gasteiger partial charge in [0.25, 0.3) is 0 Å². The molecule has 5 unspecified atom stereocenters. The minimum Gasteiger partial charge on any atom is -0.463 e. The predicted octanol–water partition coefficient (Wildman–Crippen LogP) is 26.2. The maximum absolute atomic E-state index is 13.0. The molecule has 5 atom stereocenters. The molecule has 0 aromatic rings. The number of hydrogen-bond donors (Lipinski definition) is 4. The molecule has 0 spiro atoms. The molecule has 4 N–H and O–H groups in total. The molecular weight excluding hydrogens is 1410 g/mol. The number of unbranched alkanes of at least 4 members (excludes halogenated alkanes) is 37. The summed E-state index contributed by atoms with van der Waals surface area (Å²) in [6.07, 6.45) is 102. The second kappa shape index (κ2) is 83.1. The first-order valence-electron chi connectivity index (χ1n) is 43.5. The average Bonchev–Trinajstić information content (AvgIpc) is 0.900. The number of aliphatic hydroxyl groups is 2. The Hall–Kier alpha value is -4.31. The normalized spacial score (nSPS) is 14.5. The van der Waals surface area contributed by atoms with Gasteiger partial charge in [-0.1, -0.05) is 341 Å². The van der Waals surface area contributed by atoms with Crippen molar-refractivity contribution in [3.8, 4) is 0 Å². The van der Waals surface area contributed by atoms with Crippen LogP contribution in [0.1, 0.15) is 367 Å². The van der Waals surface area contributed by atoms with E-state index in [0.717, 1.165) is 167 Å². The molecule has 0 rings (SSSR count).